The number of rotatable bonds is 0. The van der Waals surface area contributed by atoms with Gasteiger partial charge in [-0.25, -0.2) is 4.79 Å². The predicted octanol–water partition coefficient (Wildman–Crippen LogP) is 1.41. The highest BCUT2D eigenvalue weighted by molar-refractivity contribution is 6.11. The van der Waals surface area contributed by atoms with E-state index in [2.05, 4.69) is 0 Å². The zero-order valence-electron chi connectivity index (χ0n) is 11.9. The molecule has 5 heteroatoms. The Morgan fingerprint density at radius 1 is 1.35 bits per heavy atom. The summed E-state index contributed by atoms with van der Waals surface area (Å²) in [6.07, 6.45) is 3.06. The smallest absolute Gasteiger partial charge is 0.337 e. The molecule has 0 aromatic heterocycles. The van der Waals surface area contributed by atoms with Crippen molar-refractivity contribution in [2.45, 2.75) is 57.5 Å². The van der Waals surface area contributed by atoms with Gasteiger partial charge in [0.1, 0.15) is 11.7 Å². The molecule has 0 saturated carbocycles. The van der Waals surface area contributed by atoms with Crippen molar-refractivity contribution in [3.8, 4) is 0 Å². The fourth-order valence-electron chi connectivity index (χ4n) is 3.12. The second kappa shape index (κ2) is 4.02. The molecule has 2 heterocycles. The number of allylic oxidation sites excluding steroid dienone is 1. The normalized spacial score (nSPS) is 43.4. The zero-order chi connectivity index (χ0) is 14.7. The molecule has 0 aromatic carbocycles. The fraction of sp³-hybridized carbons (Fsp3) is 0.600. The molecule has 1 aliphatic carbocycles. The Kier molecular flexibility index (Phi) is 2.72. The third-order valence-electron chi connectivity index (χ3n) is 4.35. The van der Waals surface area contributed by atoms with Crippen molar-refractivity contribution in [2.75, 3.05) is 0 Å². The maximum absolute atomic E-state index is 12.6. The number of hydrogen-bond acceptors (Lipinski definition) is 5. The van der Waals surface area contributed by atoms with E-state index in [0.717, 1.165) is 18.4 Å². The number of esters is 1. The van der Waals surface area contributed by atoms with E-state index in [1.807, 2.05) is 19.9 Å². The molecule has 5 nitrogen and oxygen atoms in total. The molecular formula is C15H18O5. The lowest BCUT2D eigenvalue weighted by molar-refractivity contribution is -0.181. The second-order valence-corrected chi connectivity index (χ2v) is 6.11. The van der Waals surface area contributed by atoms with Crippen LogP contribution in [0.4, 0.5) is 0 Å². The molecule has 1 N–H and O–H groups in total. The van der Waals surface area contributed by atoms with Crippen LogP contribution in [0.25, 0.3) is 0 Å². The molecule has 0 bridgehead atoms. The van der Waals surface area contributed by atoms with Gasteiger partial charge in [0.05, 0.1) is 5.57 Å². The van der Waals surface area contributed by atoms with Crippen molar-refractivity contribution in [3.05, 3.63) is 22.8 Å². The zero-order valence-corrected chi connectivity index (χ0v) is 11.9. The molecule has 3 atom stereocenters. The van der Waals surface area contributed by atoms with Gasteiger partial charge in [-0.05, 0) is 33.6 Å². The Hall–Kier alpha value is -1.46. The summed E-state index contributed by atoms with van der Waals surface area (Å²) in [6, 6.07) is 0. The number of ether oxygens (including phenoxy) is 2. The topological polar surface area (TPSA) is 76.1 Å². The van der Waals surface area contributed by atoms with Gasteiger partial charge >= 0.3 is 5.97 Å². The van der Waals surface area contributed by atoms with E-state index in [-0.39, 0.29) is 23.4 Å². The number of aliphatic hydroxyl groups is 1. The third kappa shape index (κ3) is 1.84. The number of carbonyl (C=O) groups is 2. The van der Waals surface area contributed by atoms with Crippen molar-refractivity contribution in [2.24, 2.45) is 0 Å². The number of hydrogen-bond donors (Lipinski definition) is 1. The lowest BCUT2D eigenvalue weighted by Gasteiger charge is -2.25. The lowest BCUT2D eigenvalue weighted by Crippen LogP contribution is -2.38. The highest BCUT2D eigenvalue weighted by Gasteiger charge is 2.61. The minimum atomic E-state index is -1.84. The first-order chi connectivity index (χ1) is 9.27. The van der Waals surface area contributed by atoms with Gasteiger partial charge in [0.2, 0.25) is 5.79 Å². The van der Waals surface area contributed by atoms with Crippen molar-refractivity contribution in [3.63, 3.8) is 0 Å². The summed E-state index contributed by atoms with van der Waals surface area (Å²) in [6.45, 7) is 5.25. The first-order valence-electron chi connectivity index (χ1n) is 6.81. The average molecular weight is 278 g/mol. The Morgan fingerprint density at radius 2 is 2.05 bits per heavy atom. The molecule has 1 saturated heterocycles. The molecule has 20 heavy (non-hydrogen) atoms. The molecule has 0 aromatic rings. The molecule has 108 valence electrons. The maximum atomic E-state index is 12.6. The van der Waals surface area contributed by atoms with Crippen LogP contribution in [0.2, 0.25) is 0 Å². The average Bonchev–Trinajstić information content (AvgIpc) is 2.93. The van der Waals surface area contributed by atoms with Crippen LogP contribution in [0.5, 0.6) is 0 Å². The largest absolute Gasteiger partial charge is 0.425 e. The third-order valence-corrected chi connectivity index (χ3v) is 4.35. The van der Waals surface area contributed by atoms with Crippen molar-refractivity contribution < 1.29 is 24.2 Å². The summed E-state index contributed by atoms with van der Waals surface area (Å²) in [5.74, 6) is -2.80. The van der Waals surface area contributed by atoms with Crippen LogP contribution in [0, 0.1) is 0 Å². The van der Waals surface area contributed by atoms with Gasteiger partial charge in [-0.2, -0.15) is 0 Å². The number of Topliss-reactive ketones (excluding diaryl/α,β-unsaturated/α-hetero) is 1. The minimum absolute atomic E-state index is 0.0610. The van der Waals surface area contributed by atoms with Crippen LogP contribution in [-0.4, -0.2) is 34.4 Å². The Morgan fingerprint density at radius 3 is 2.75 bits per heavy atom. The van der Waals surface area contributed by atoms with E-state index in [1.165, 1.54) is 6.92 Å². The summed E-state index contributed by atoms with van der Waals surface area (Å²) in [4.78, 5) is 24.3. The molecule has 0 radical (unpaired) electrons. The van der Waals surface area contributed by atoms with Crippen LogP contribution in [0.3, 0.4) is 0 Å². The quantitative estimate of drug-likeness (QED) is 0.412. The number of ketones is 1. The summed E-state index contributed by atoms with van der Waals surface area (Å²) in [5.41, 5.74) is 0.642. The van der Waals surface area contributed by atoms with Crippen LogP contribution < -0.4 is 0 Å². The summed E-state index contributed by atoms with van der Waals surface area (Å²) in [5, 5.41) is 10.6. The van der Waals surface area contributed by atoms with Crippen LogP contribution in [-0.2, 0) is 19.1 Å². The monoisotopic (exact) mass is 278 g/mol. The number of epoxide rings is 1. The van der Waals surface area contributed by atoms with E-state index in [9.17, 15) is 14.7 Å². The van der Waals surface area contributed by atoms with Gasteiger partial charge in [0.15, 0.2) is 5.78 Å². The minimum Gasteiger partial charge on any atom is -0.425 e. The van der Waals surface area contributed by atoms with Gasteiger partial charge in [-0.3, -0.25) is 4.79 Å². The highest BCUT2D eigenvalue weighted by Crippen LogP contribution is 2.47. The first kappa shape index (κ1) is 13.5. The number of fused-ring (bicyclic) bond motifs is 2. The van der Waals surface area contributed by atoms with E-state index >= 15 is 0 Å². The van der Waals surface area contributed by atoms with Gasteiger partial charge in [0.25, 0.3) is 0 Å². The highest BCUT2D eigenvalue weighted by atomic mass is 16.7. The van der Waals surface area contributed by atoms with Gasteiger partial charge in [-0.1, -0.05) is 11.6 Å². The van der Waals surface area contributed by atoms with Gasteiger partial charge in [-0.15, -0.1) is 0 Å². The second-order valence-electron chi connectivity index (χ2n) is 6.11. The molecule has 3 aliphatic rings. The SMILES string of the molecule is CC1=C2C(=O)[C@H]3O[C@]3(C)CC/C=C(\C)C[C@@]2(O)OC1=O. The van der Waals surface area contributed by atoms with Crippen molar-refractivity contribution >= 4 is 11.8 Å². The lowest BCUT2D eigenvalue weighted by atomic mass is 9.86. The van der Waals surface area contributed by atoms with Crippen LogP contribution in [0.15, 0.2) is 22.8 Å². The standard InChI is InChI=1S/C15H18O5/c1-8-5-4-6-14(3)12(19-14)11(16)10-9(2)13(17)20-15(10,18)7-8/h5,12,18H,4,6-7H2,1-3H3/b8-5+/t12-,14-,15-/m1/s1. The van der Waals surface area contributed by atoms with Crippen LogP contribution in [0.1, 0.15) is 40.0 Å². The Balaban J connectivity index is 2.08. The molecule has 0 spiro atoms. The van der Waals surface area contributed by atoms with E-state index in [4.69, 9.17) is 9.47 Å². The van der Waals surface area contributed by atoms with E-state index < -0.39 is 23.5 Å². The molecular weight excluding hydrogens is 260 g/mol. The predicted molar refractivity (Wildman–Crippen MR) is 69.6 cm³/mol. The summed E-state index contributed by atoms with van der Waals surface area (Å²) < 4.78 is 10.6. The fourth-order valence-corrected chi connectivity index (χ4v) is 3.12. The van der Waals surface area contributed by atoms with E-state index in [1.54, 1.807) is 0 Å². The molecule has 1 fully saturated rings. The first-order valence-corrected chi connectivity index (χ1v) is 6.81. The molecule has 2 aliphatic heterocycles. The summed E-state index contributed by atoms with van der Waals surface area (Å²) in [7, 11) is 0. The van der Waals surface area contributed by atoms with Crippen LogP contribution >= 0.6 is 0 Å². The summed E-state index contributed by atoms with van der Waals surface area (Å²) >= 11 is 0. The number of carbonyl (C=O) groups excluding carboxylic acids is 2. The maximum Gasteiger partial charge on any atom is 0.337 e. The molecule has 0 amide bonds. The molecule has 3 rings (SSSR count). The van der Waals surface area contributed by atoms with E-state index in [0.29, 0.717) is 0 Å². The van der Waals surface area contributed by atoms with Gasteiger partial charge in [0, 0.05) is 12.0 Å². The van der Waals surface area contributed by atoms with Crippen molar-refractivity contribution in [1.29, 1.82) is 0 Å². The Bertz CT molecular complexity index is 573. The van der Waals surface area contributed by atoms with Crippen molar-refractivity contribution in [1.82, 2.24) is 0 Å². The molecule has 0 unspecified atom stereocenters. The van der Waals surface area contributed by atoms with Gasteiger partial charge < -0.3 is 14.6 Å². The Labute approximate surface area is 117 Å².